The van der Waals surface area contributed by atoms with Crippen LogP contribution in [0.1, 0.15) is 41.0 Å². The van der Waals surface area contributed by atoms with Crippen molar-refractivity contribution in [2.75, 3.05) is 52.5 Å². The van der Waals surface area contributed by atoms with Gasteiger partial charge in [-0.1, -0.05) is 13.8 Å². The van der Waals surface area contributed by atoms with E-state index >= 15 is 0 Å². The smallest absolute Gasteiger partial charge is 0.191 e. The van der Waals surface area contributed by atoms with Gasteiger partial charge in [-0.05, 0) is 33.1 Å². The van der Waals surface area contributed by atoms with Gasteiger partial charge in [0.25, 0.3) is 0 Å². The molecule has 0 bridgehead atoms. The minimum Gasteiger partial charge on any atom is -0.379 e. The van der Waals surface area contributed by atoms with Crippen LogP contribution in [0.2, 0.25) is 0 Å². The Kier molecular flexibility index (Phi) is 14.9. The molecule has 0 spiro atoms. The number of morpholine rings is 1. The van der Waals surface area contributed by atoms with E-state index in [1.54, 1.807) is 0 Å². The second-order valence-corrected chi connectivity index (χ2v) is 6.88. The predicted molar refractivity (Wildman–Crippen MR) is 116 cm³/mol. The van der Waals surface area contributed by atoms with Crippen molar-refractivity contribution in [1.29, 1.82) is 0 Å². The first-order chi connectivity index (χ1) is 11.5. The van der Waals surface area contributed by atoms with E-state index in [9.17, 15) is 0 Å². The lowest BCUT2D eigenvalue weighted by Gasteiger charge is -2.36. The minimum atomic E-state index is 0. The van der Waals surface area contributed by atoms with Crippen molar-refractivity contribution < 1.29 is 9.47 Å². The van der Waals surface area contributed by atoms with Crippen LogP contribution in [0.4, 0.5) is 0 Å². The summed E-state index contributed by atoms with van der Waals surface area (Å²) in [6, 6.07) is 0.466. The van der Waals surface area contributed by atoms with Gasteiger partial charge in [0.2, 0.25) is 0 Å². The summed E-state index contributed by atoms with van der Waals surface area (Å²) in [4.78, 5) is 7.33. The molecule has 1 aliphatic rings. The Morgan fingerprint density at radius 1 is 1.16 bits per heavy atom. The average molecular weight is 470 g/mol. The topological polar surface area (TPSA) is 58.1 Å². The lowest BCUT2D eigenvalue weighted by molar-refractivity contribution is 0.00867. The van der Waals surface area contributed by atoms with Crippen LogP contribution in [0, 0.1) is 5.92 Å². The molecule has 2 N–H and O–H groups in total. The van der Waals surface area contributed by atoms with Crippen molar-refractivity contribution in [3.8, 4) is 0 Å². The van der Waals surface area contributed by atoms with Crippen LogP contribution in [0.15, 0.2) is 4.99 Å². The van der Waals surface area contributed by atoms with Gasteiger partial charge < -0.3 is 20.1 Å². The molecule has 0 aliphatic carbocycles. The summed E-state index contributed by atoms with van der Waals surface area (Å²) in [5, 5.41) is 6.74. The maximum atomic E-state index is 5.57. The molecule has 7 heteroatoms. The lowest BCUT2D eigenvalue weighted by Crippen LogP contribution is -2.48. The van der Waals surface area contributed by atoms with E-state index in [4.69, 9.17) is 14.5 Å². The van der Waals surface area contributed by atoms with Gasteiger partial charge in [-0.3, -0.25) is 9.89 Å². The summed E-state index contributed by atoms with van der Waals surface area (Å²) < 4.78 is 11.0. The van der Waals surface area contributed by atoms with E-state index in [-0.39, 0.29) is 24.0 Å². The lowest BCUT2D eigenvalue weighted by atomic mass is 10.0. The van der Waals surface area contributed by atoms with Crippen LogP contribution in [0.5, 0.6) is 0 Å². The Morgan fingerprint density at radius 2 is 1.84 bits per heavy atom. The third-order valence-corrected chi connectivity index (χ3v) is 4.13. The van der Waals surface area contributed by atoms with Crippen LogP contribution in [0.3, 0.4) is 0 Å². The normalized spacial score (nSPS) is 17.5. The van der Waals surface area contributed by atoms with E-state index < -0.39 is 0 Å². The van der Waals surface area contributed by atoms with E-state index in [1.165, 1.54) is 0 Å². The summed E-state index contributed by atoms with van der Waals surface area (Å²) in [6.45, 7) is 17.8. The van der Waals surface area contributed by atoms with Crippen molar-refractivity contribution in [2.24, 2.45) is 10.9 Å². The SMILES string of the molecule is CCNC(=NCC(C(C)C)N1CCOCC1)NCCCOC(C)C.I. The Bertz CT molecular complexity index is 348. The van der Waals surface area contributed by atoms with Crippen LogP contribution >= 0.6 is 24.0 Å². The van der Waals surface area contributed by atoms with Crippen LogP contribution in [-0.4, -0.2) is 75.5 Å². The highest BCUT2D eigenvalue weighted by molar-refractivity contribution is 14.0. The molecule has 25 heavy (non-hydrogen) atoms. The van der Waals surface area contributed by atoms with Crippen LogP contribution < -0.4 is 10.6 Å². The largest absolute Gasteiger partial charge is 0.379 e. The van der Waals surface area contributed by atoms with Gasteiger partial charge in [0.15, 0.2) is 5.96 Å². The molecule has 1 aliphatic heterocycles. The molecule has 0 saturated carbocycles. The zero-order valence-electron chi connectivity index (χ0n) is 16.7. The first-order valence-corrected chi connectivity index (χ1v) is 9.50. The molecule has 1 saturated heterocycles. The van der Waals surface area contributed by atoms with Gasteiger partial charge in [-0.2, -0.15) is 0 Å². The number of nitrogens with one attached hydrogen (secondary N) is 2. The third-order valence-electron chi connectivity index (χ3n) is 4.13. The quantitative estimate of drug-likeness (QED) is 0.222. The minimum absolute atomic E-state index is 0. The molecule has 1 atom stereocenters. The molecule has 0 aromatic heterocycles. The highest BCUT2D eigenvalue weighted by Gasteiger charge is 2.23. The van der Waals surface area contributed by atoms with Crippen molar-refractivity contribution in [3.05, 3.63) is 0 Å². The van der Waals surface area contributed by atoms with Gasteiger partial charge in [0.1, 0.15) is 0 Å². The number of hydrogen-bond donors (Lipinski definition) is 2. The van der Waals surface area contributed by atoms with E-state index in [2.05, 4.69) is 50.2 Å². The number of nitrogens with zero attached hydrogens (tertiary/aromatic N) is 2. The predicted octanol–water partition coefficient (Wildman–Crippen LogP) is 2.33. The molecule has 1 rings (SSSR count). The molecular weight excluding hydrogens is 431 g/mol. The standard InChI is InChI=1S/C18H38N4O2.HI/c1-6-19-18(20-8-7-11-24-16(4)5)21-14-17(15(2)3)22-9-12-23-13-10-22;/h15-17H,6-14H2,1-5H3,(H2,19,20,21);1H. The van der Waals surface area contributed by atoms with Gasteiger partial charge in [-0.25, -0.2) is 0 Å². The maximum absolute atomic E-state index is 5.57. The molecular formula is C18H39IN4O2. The molecule has 0 radical (unpaired) electrons. The number of ether oxygens (including phenoxy) is 2. The van der Waals surface area contributed by atoms with Gasteiger partial charge >= 0.3 is 0 Å². The molecule has 0 aromatic carbocycles. The zero-order valence-corrected chi connectivity index (χ0v) is 19.0. The van der Waals surface area contributed by atoms with E-state index in [0.717, 1.165) is 64.9 Å². The summed E-state index contributed by atoms with van der Waals surface area (Å²) >= 11 is 0. The van der Waals surface area contributed by atoms with Gasteiger partial charge in [0.05, 0.1) is 25.9 Å². The third kappa shape index (κ3) is 11.2. The Labute approximate surface area is 171 Å². The Morgan fingerprint density at radius 3 is 2.40 bits per heavy atom. The van der Waals surface area contributed by atoms with Crippen LogP contribution in [-0.2, 0) is 9.47 Å². The second kappa shape index (κ2) is 15.0. The Hall–Kier alpha value is -0.120. The number of aliphatic imine (C=N–C) groups is 1. The fraction of sp³-hybridized carbons (Fsp3) is 0.944. The first-order valence-electron chi connectivity index (χ1n) is 9.50. The second-order valence-electron chi connectivity index (χ2n) is 6.88. The highest BCUT2D eigenvalue weighted by Crippen LogP contribution is 2.13. The van der Waals surface area contributed by atoms with Gasteiger partial charge in [0, 0.05) is 38.8 Å². The van der Waals surface area contributed by atoms with Crippen molar-refractivity contribution >= 4 is 29.9 Å². The van der Waals surface area contributed by atoms with Crippen molar-refractivity contribution in [2.45, 2.75) is 53.2 Å². The Balaban J connectivity index is 0.00000576. The molecule has 0 aromatic rings. The monoisotopic (exact) mass is 470 g/mol. The number of rotatable bonds is 10. The molecule has 1 fully saturated rings. The molecule has 1 heterocycles. The molecule has 6 nitrogen and oxygen atoms in total. The maximum Gasteiger partial charge on any atom is 0.191 e. The number of guanidine groups is 1. The van der Waals surface area contributed by atoms with Gasteiger partial charge in [-0.15, -0.1) is 24.0 Å². The zero-order chi connectivity index (χ0) is 17.8. The molecule has 150 valence electrons. The average Bonchev–Trinajstić information content (AvgIpc) is 2.55. The number of hydrogen-bond acceptors (Lipinski definition) is 4. The molecule has 0 amide bonds. The first kappa shape index (κ1) is 24.9. The summed E-state index contributed by atoms with van der Waals surface area (Å²) in [5.41, 5.74) is 0. The fourth-order valence-corrected chi connectivity index (χ4v) is 2.78. The van der Waals surface area contributed by atoms with Crippen molar-refractivity contribution in [1.82, 2.24) is 15.5 Å². The van der Waals surface area contributed by atoms with E-state index in [0.29, 0.717) is 18.1 Å². The van der Waals surface area contributed by atoms with Crippen LogP contribution in [0.25, 0.3) is 0 Å². The highest BCUT2D eigenvalue weighted by atomic mass is 127. The summed E-state index contributed by atoms with van der Waals surface area (Å²) in [7, 11) is 0. The fourth-order valence-electron chi connectivity index (χ4n) is 2.78. The molecule has 1 unspecified atom stereocenters. The van der Waals surface area contributed by atoms with Crippen molar-refractivity contribution in [3.63, 3.8) is 0 Å². The number of halogens is 1. The van der Waals surface area contributed by atoms with E-state index in [1.807, 2.05) is 0 Å². The summed E-state index contributed by atoms with van der Waals surface area (Å²) in [5.74, 6) is 1.48. The summed E-state index contributed by atoms with van der Waals surface area (Å²) in [6.07, 6.45) is 1.28.